The number of benzene rings is 1. The summed E-state index contributed by atoms with van der Waals surface area (Å²) in [7, 11) is 0. The number of para-hydroxylation sites is 1. The number of anilines is 1. The van der Waals surface area contributed by atoms with E-state index in [1.54, 1.807) is 6.92 Å². The first kappa shape index (κ1) is 14.1. The Morgan fingerprint density at radius 2 is 2.06 bits per heavy atom. The highest BCUT2D eigenvalue weighted by atomic mass is 19.4. The zero-order chi connectivity index (χ0) is 13.8. The van der Waals surface area contributed by atoms with Crippen LogP contribution in [0.2, 0.25) is 0 Å². The molecule has 2 N–H and O–H groups in total. The third kappa shape index (κ3) is 4.15. The highest BCUT2D eigenvalue weighted by molar-refractivity contribution is 5.75. The molecule has 0 fully saturated rings. The summed E-state index contributed by atoms with van der Waals surface area (Å²) >= 11 is 0. The molecule has 0 spiro atoms. The van der Waals surface area contributed by atoms with Crippen molar-refractivity contribution in [2.24, 2.45) is 0 Å². The Morgan fingerprint density at radius 3 is 2.61 bits per heavy atom. The van der Waals surface area contributed by atoms with Gasteiger partial charge in [0.05, 0.1) is 18.7 Å². The number of nitrogen functional groups attached to an aromatic ring is 1. The maximum atomic E-state index is 12.2. The van der Waals surface area contributed by atoms with Gasteiger partial charge in [0.25, 0.3) is 0 Å². The Balaban J connectivity index is 2.97. The molecule has 0 aliphatic rings. The summed E-state index contributed by atoms with van der Waals surface area (Å²) in [5.74, 6) is -1.20. The molecule has 0 aliphatic heterocycles. The van der Waals surface area contributed by atoms with Gasteiger partial charge >= 0.3 is 12.3 Å². The van der Waals surface area contributed by atoms with Gasteiger partial charge in [-0.1, -0.05) is 12.1 Å². The van der Waals surface area contributed by atoms with Crippen molar-refractivity contribution in [1.29, 1.82) is 0 Å². The van der Waals surface area contributed by atoms with Gasteiger partial charge in [0, 0.05) is 5.56 Å². The average Bonchev–Trinajstić information content (AvgIpc) is 2.22. The van der Waals surface area contributed by atoms with Gasteiger partial charge in [-0.25, -0.2) is 0 Å². The fourth-order valence-electron chi connectivity index (χ4n) is 1.35. The van der Waals surface area contributed by atoms with Crippen LogP contribution in [0.4, 0.5) is 18.9 Å². The van der Waals surface area contributed by atoms with Gasteiger partial charge in [0.2, 0.25) is 0 Å². The molecule has 0 aliphatic carbocycles. The third-order valence-corrected chi connectivity index (χ3v) is 1.98. The van der Waals surface area contributed by atoms with Crippen molar-refractivity contribution in [3.63, 3.8) is 0 Å². The lowest BCUT2D eigenvalue weighted by Gasteiger charge is -2.14. The van der Waals surface area contributed by atoms with Crippen molar-refractivity contribution in [2.45, 2.75) is 19.7 Å². The van der Waals surface area contributed by atoms with Crippen LogP contribution in [0.25, 0.3) is 0 Å². The Kier molecular flexibility index (Phi) is 4.41. The zero-order valence-corrected chi connectivity index (χ0v) is 9.58. The highest BCUT2D eigenvalue weighted by Gasteiger charge is 2.33. The second kappa shape index (κ2) is 5.61. The molecule has 1 aromatic rings. The van der Waals surface area contributed by atoms with E-state index in [1.807, 2.05) is 0 Å². The summed E-state index contributed by atoms with van der Waals surface area (Å²) in [5.41, 5.74) is 5.25. The summed E-state index contributed by atoms with van der Waals surface area (Å²) in [4.78, 5) is 11.2. The third-order valence-electron chi connectivity index (χ3n) is 1.98. The van der Waals surface area contributed by atoms with E-state index in [0.29, 0.717) is 0 Å². The lowest BCUT2D eigenvalue weighted by atomic mass is 10.1. The van der Waals surface area contributed by atoms with Gasteiger partial charge in [-0.05, 0) is 13.0 Å². The molecular formula is C11H12F3NO3. The summed E-state index contributed by atoms with van der Waals surface area (Å²) in [6, 6.07) is 4.03. The predicted molar refractivity (Wildman–Crippen MR) is 57.9 cm³/mol. The number of rotatable bonds is 4. The molecule has 0 heterocycles. The molecule has 100 valence electrons. The first-order chi connectivity index (χ1) is 8.33. The van der Waals surface area contributed by atoms with Crippen LogP contribution in [-0.2, 0) is 16.0 Å². The molecule has 0 amide bonds. The molecule has 18 heavy (non-hydrogen) atoms. The smallest absolute Gasteiger partial charge is 0.466 e. The minimum atomic E-state index is -4.86. The normalized spacial score (nSPS) is 11.1. The highest BCUT2D eigenvalue weighted by Crippen LogP contribution is 2.32. The quantitative estimate of drug-likeness (QED) is 0.668. The lowest BCUT2D eigenvalue weighted by molar-refractivity contribution is -0.274. The van der Waals surface area contributed by atoms with E-state index in [9.17, 15) is 18.0 Å². The van der Waals surface area contributed by atoms with Crippen molar-refractivity contribution in [1.82, 2.24) is 0 Å². The minimum absolute atomic E-state index is 0.0331. The second-order valence-electron chi connectivity index (χ2n) is 3.37. The molecule has 0 aromatic heterocycles. The molecular weight excluding hydrogens is 251 g/mol. The fourth-order valence-corrected chi connectivity index (χ4v) is 1.35. The van der Waals surface area contributed by atoms with E-state index >= 15 is 0 Å². The van der Waals surface area contributed by atoms with E-state index in [-0.39, 0.29) is 24.3 Å². The van der Waals surface area contributed by atoms with Crippen LogP contribution in [0.5, 0.6) is 5.75 Å². The van der Waals surface area contributed by atoms with Gasteiger partial charge in [-0.15, -0.1) is 13.2 Å². The molecule has 0 bridgehead atoms. The van der Waals surface area contributed by atoms with E-state index in [0.717, 1.165) is 0 Å². The molecule has 0 saturated heterocycles. The van der Waals surface area contributed by atoms with Crippen LogP contribution in [-0.4, -0.2) is 18.9 Å². The van der Waals surface area contributed by atoms with E-state index in [4.69, 9.17) is 5.73 Å². The first-order valence-corrected chi connectivity index (χ1v) is 5.12. The molecule has 1 aromatic carbocycles. The van der Waals surface area contributed by atoms with Crippen molar-refractivity contribution in [3.05, 3.63) is 23.8 Å². The van der Waals surface area contributed by atoms with E-state index in [2.05, 4.69) is 9.47 Å². The molecule has 0 radical (unpaired) electrons. The molecule has 0 unspecified atom stereocenters. The minimum Gasteiger partial charge on any atom is -0.466 e. The van der Waals surface area contributed by atoms with E-state index in [1.165, 1.54) is 18.2 Å². The number of alkyl halides is 3. The first-order valence-electron chi connectivity index (χ1n) is 5.12. The number of ether oxygens (including phenoxy) is 2. The zero-order valence-electron chi connectivity index (χ0n) is 9.58. The fraction of sp³-hybridized carbons (Fsp3) is 0.364. The van der Waals surface area contributed by atoms with Gasteiger partial charge in [0.15, 0.2) is 5.75 Å². The van der Waals surface area contributed by atoms with Gasteiger partial charge in [0.1, 0.15) is 0 Å². The Hall–Kier alpha value is -1.92. The molecule has 0 atom stereocenters. The second-order valence-corrected chi connectivity index (χ2v) is 3.37. The number of carbonyl (C=O) groups excluding carboxylic acids is 1. The number of halogens is 3. The topological polar surface area (TPSA) is 61.5 Å². The summed E-state index contributed by atoms with van der Waals surface area (Å²) in [6.45, 7) is 1.75. The maximum absolute atomic E-state index is 12.2. The van der Waals surface area contributed by atoms with Crippen molar-refractivity contribution < 1.29 is 27.4 Å². The standard InChI is InChI=1S/C11H12F3NO3/c1-2-17-9(16)6-7-4-3-5-8(15)10(7)18-11(12,13)14/h3-5H,2,6,15H2,1H3. The number of hydrogen-bond acceptors (Lipinski definition) is 4. The molecule has 4 nitrogen and oxygen atoms in total. The van der Waals surface area contributed by atoms with E-state index < -0.39 is 18.1 Å². The SMILES string of the molecule is CCOC(=O)Cc1cccc(N)c1OC(F)(F)F. The largest absolute Gasteiger partial charge is 0.573 e. The predicted octanol–water partition coefficient (Wildman–Crippen LogP) is 2.27. The van der Waals surface area contributed by atoms with Crippen LogP contribution in [0.1, 0.15) is 12.5 Å². The number of nitrogens with two attached hydrogens (primary N) is 1. The Morgan fingerprint density at radius 1 is 1.39 bits per heavy atom. The van der Waals surface area contributed by atoms with Crippen molar-refractivity contribution >= 4 is 11.7 Å². The number of hydrogen-bond donors (Lipinski definition) is 1. The van der Waals surface area contributed by atoms with Crippen LogP contribution < -0.4 is 10.5 Å². The lowest BCUT2D eigenvalue weighted by Crippen LogP contribution is -2.20. The summed E-state index contributed by atoms with van der Waals surface area (Å²) in [6.07, 6.45) is -5.19. The summed E-state index contributed by atoms with van der Waals surface area (Å²) < 4.78 is 45.0. The molecule has 0 saturated carbocycles. The Labute approximate surface area is 101 Å². The van der Waals surface area contributed by atoms with Gasteiger partial charge in [-0.2, -0.15) is 0 Å². The number of carbonyl (C=O) groups is 1. The monoisotopic (exact) mass is 263 g/mol. The van der Waals surface area contributed by atoms with Crippen LogP contribution in [0, 0.1) is 0 Å². The summed E-state index contributed by atoms with van der Waals surface area (Å²) in [5, 5.41) is 0. The molecule has 7 heteroatoms. The van der Waals surface area contributed by atoms with Crippen LogP contribution in [0.3, 0.4) is 0 Å². The Bertz CT molecular complexity index is 432. The van der Waals surface area contributed by atoms with Gasteiger partial charge in [-0.3, -0.25) is 4.79 Å². The maximum Gasteiger partial charge on any atom is 0.573 e. The van der Waals surface area contributed by atoms with Crippen molar-refractivity contribution in [2.75, 3.05) is 12.3 Å². The average molecular weight is 263 g/mol. The molecule has 1 rings (SSSR count). The van der Waals surface area contributed by atoms with Crippen molar-refractivity contribution in [3.8, 4) is 5.75 Å². The van der Waals surface area contributed by atoms with Gasteiger partial charge < -0.3 is 15.2 Å². The number of esters is 1. The van der Waals surface area contributed by atoms with Crippen LogP contribution in [0.15, 0.2) is 18.2 Å². The van der Waals surface area contributed by atoms with Crippen LogP contribution >= 0.6 is 0 Å².